The number of methoxy groups -OCH3 is 1. The van der Waals surface area contributed by atoms with E-state index in [0.717, 1.165) is 5.56 Å². The first kappa shape index (κ1) is 23.2. The van der Waals surface area contributed by atoms with Crippen molar-refractivity contribution in [1.29, 1.82) is 0 Å². The van der Waals surface area contributed by atoms with Crippen molar-refractivity contribution in [3.63, 3.8) is 0 Å². The molecule has 0 unspecified atom stereocenters. The predicted molar refractivity (Wildman–Crippen MR) is 124 cm³/mol. The van der Waals surface area contributed by atoms with Crippen LogP contribution in [0.3, 0.4) is 0 Å². The summed E-state index contributed by atoms with van der Waals surface area (Å²) in [7, 11) is 1.57. The van der Waals surface area contributed by atoms with Crippen LogP contribution in [-0.4, -0.2) is 53.2 Å². The molecule has 1 amide bonds. The lowest BCUT2D eigenvalue weighted by molar-refractivity contribution is -0.122. The number of rotatable bonds is 8. The average Bonchev–Trinajstić information content (AvgIpc) is 3.19. The number of nitrogens with one attached hydrogen (secondary N) is 1. The molecule has 1 fully saturated rings. The van der Waals surface area contributed by atoms with E-state index >= 15 is 0 Å². The van der Waals surface area contributed by atoms with Gasteiger partial charge < -0.3 is 20.5 Å². The minimum atomic E-state index is -0.567. The normalized spacial score (nSPS) is 18.5. The van der Waals surface area contributed by atoms with Gasteiger partial charge in [0.2, 0.25) is 5.91 Å². The summed E-state index contributed by atoms with van der Waals surface area (Å²) in [5, 5.41) is 3.69. The Bertz CT molecular complexity index is 1180. The number of carbonyl (C=O) groups is 1. The van der Waals surface area contributed by atoms with Gasteiger partial charge in [0.15, 0.2) is 5.82 Å². The van der Waals surface area contributed by atoms with E-state index in [1.165, 1.54) is 12.4 Å². The fraction of sp³-hybridized carbons (Fsp3) is 0.348. The number of amides is 1. The molecule has 0 bridgehead atoms. The van der Waals surface area contributed by atoms with E-state index in [9.17, 15) is 9.18 Å². The molecule has 2 aromatic carbocycles. The van der Waals surface area contributed by atoms with Crippen LogP contribution in [0, 0.1) is 5.82 Å². The number of carbonyl (C=O) groups excluding carboxylic acids is 1. The zero-order valence-corrected chi connectivity index (χ0v) is 19.1. The molecular weight excluding hydrogens is 449 g/mol. The van der Waals surface area contributed by atoms with Crippen LogP contribution in [0.1, 0.15) is 18.9 Å². The van der Waals surface area contributed by atoms with Gasteiger partial charge in [-0.1, -0.05) is 17.7 Å². The maximum Gasteiger partial charge on any atom is 0.234 e. The molecule has 1 aromatic heterocycles. The van der Waals surface area contributed by atoms with Crippen LogP contribution in [0.4, 0.5) is 15.9 Å². The summed E-state index contributed by atoms with van der Waals surface area (Å²) in [6.45, 7) is 3.48. The molecule has 4 rings (SSSR count). The minimum absolute atomic E-state index is 0.0103. The Morgan fingerprint density at radius 3 is 2.91 bits per heavy atom. The molecular formula is C23H25ClFN5O3. The largest absolute Gasteiger partial charge is 0.496 e. The van der Waals surface area contributed by atoms with Crippen LogP contribution >= 0.6 is 11.6 Å². The van der Waals surface area contributed by atoms with Crippen molar-refractivity contribution in [2.24, 2.45) is 5.73 Å². The number of nitrogens with two attached hydrogens (primary N) is 1. The Morgan fingerprint density at radius 1 is 1.36 bits per heavy atom. The van der Waals surface area contributed by atoms with Gasteiger partial charge in [-0.05, 0) is 31.5 Å². The number of halogens is 2. The topological polar surface area (TPSA) is 103 Å². The summed E-state index contributed by atoms with van der Waals surface area (Å²) < 4.78 is 25.8. The molecule has 2 atom stereocenters. The van der Waals surface area contributed by atoms with E-state index in [1.807, 2.05) is 17.9 Å². The summed E-state index contributed by atoms with van der Waals surface area (Å²) in [5.74, 6) is 0.0800. The summed E-state index contributed by atoms with van der Waals surface area (Å²) >= 11 is 5.91. The maximum atomic E-state index is 14.5. The molecule has 1 saturated heterocycles. The number of anilines is 2. The highest BCUT2D eigenvalue weighted by Crippen LogP contribution is 2.33. The molecule has 0 radical (unpaired) electrons. The fourth-order valence-electron chi connectivity index (χ4n) is 4.18. The van der Waals surface area contributed by atoms with Gasteiger partial charge in [0.25, 0.3) is 0 Å². The highest BCUT2D eigenvalue weighted by atomic mass is 35.5. The molecule has 0 saturated carbocycles. The smallest absolute Gasteiger partial charge is 0.234 e. The first-order valence-corrected chi connectivity index (χ1v) is 11.0. The Labute approximate surface area is 195 Å². The third kappa shape index (κ3) is 4.85. The summed E-state index contributed by atoms with van der Waals surface area (Å²) in [4.78, 5) is 22.7. The van der Waals surface area contributed by atoms with Gasteiger partial charge in [0.05, 0.1) is 35.5 Å². The van der Waals surface area contributed by atoms with Crippen molar-refractivity contribution in [2.45, 2.75) is 32.0 Å². The molecule has 8 nitrogen and oxygen atoms in total. The molecule has 3 aromatic rings. The Kier molecular flexibility index (Phi) is 6.92. The molecule has 0 aliphatic carbocycles. The molecule has 0 spiro atoms. The second-order valence-electron chi connectivity index (χ2n) is 7.79. The number of hydrogen-bond acceptors (Lipinski definition) is 7. The number of hydrogen-bond donors (Lipinski definition) is 2. The van der Waals surface area contributed by atoms with Crippen molar-refractivity contribution in [3.05, 3.63) is 53.1 Å². The van der Waals surface area contributed by atoms with E-state index in [4.69, 9.17) is 26.8 Å². The van der Waals surface area contributed by atoms with Gasteiger partial charge >= 0.3 is 0 Å². The first-order chi connectivity index (χ1) is 15.9. The van der Waals surface area contributed by atoms with E-state index in [1.54, 1.807) is 25.3 Å². The van der Waals surface area contributed by atoms with Gasteiger partial charge in [-0.2, -0.15) is 0 Å². The first-order valence-electron chi connectivity index (χ1n) is 10.6. The minimum Gasteiger partial charge on any atom is -0.496 e. The summed E-state index contributed by atoms with van der Waals surface area (Å²) in [5.41, 5.74) is 7.29. The number of likely N-dealkylation sites (tertiary alicyclic amines) is 1. The number of primary amides is 1. The van der Waals surface area contributed by atoms with Crippen molar-refractivity contribution in [1.82, 2.24) is 14.9 Å². The van der Waals surface area contributed by atoms with E-state index in [0.29, 0.717) is 48.6 Å². The van der Waals surface area contributed by atoms with Crippen LogP contribution in [-0.2, 0) is 16.1 Å². The lowest BCUT2D eigenvalue weighted by Crippen LogP contribution is -2.39. The average molecular weight is 474 g/mol. The lowest BCUT2D eigenvalue weighted by atomic mass is 10.1. The third-order valence-corrected chi connectivity index (χ3v) is 6.00. The van der Waals surface area contributed by atoms with Gasteiger partial charge in [0.1, 0.15) is 17.9 Å². The molecule has 33 heavy (non-hydrogen) atoms. The van der Waals surface area contributed by atoms with Gasteiger partial charge in [-0.3, -0.25) is 9.69 Å². The standard InChI is InChI=1S/C23H25ClFN5O3/c1-3-33-14-8-19(22(26)31)30(11-14)10-13-7-15-18(9-20(13)32-2)27-12-28-23(15)29-17-6-4-5-16(24)21(17)25/h4-7,9,12,14,19H,3,8,10-11H2,1-2H3,(H2,26,31)(H,27,28,29)/t14-,19+/m0/s1. The molecule has 174 valence electrons. The Morgan fingerprint density at radius 2 is 2.18 bits per heavy atom. The highest BCUT2D eigenvalue weighted by Gasteiger charge is 2.36. The monoisotopic (exact) mass is 473 g/mol. The molecule has 10 heteroatoms. The van der Waals surface area contributed by atoms with Crippen LogP contribution in [0.25, 0.3) is 10.9 Å². The Balaban J connectivity index is 1.70. The van der Waals surface area contributed by atoms with Gasteiger partial charge in [-0.15, -0.1) is 0 Å². The number of ether oxygens (including phenoxy) is 2. The summed E-state index contributed by atoms with van der Waals surface area (Å²) in [6, 6.07) is 7.94. The third-order valence-electron chi connectivity index (χ3n) is 5.71. The molecule has 2 heterocycles. The zero-order chi connectivity index (χ0) is 23.5. The van der Waals surface area contributed by atoms with Gasteiger partial charge in [-0.25, -0.2) is 14.4 Å². The van der Waals surface area contributed by atoms with Crippen LogP contribution in [0.5, 0.6) is 5.75 Å². The van der Waals surface area contributed by atoms with E-state index in [2.05, 4.69) is 15.3 Å². The fourth-order valence-corrected chi connectivity index (χ4v) is 4.35. The SMILES string of the molecule is CCO[C@H]1C[C@H](C(N)=O)N(Cc2cc3c(Nc4cccc(Cl)c4F)ncnc3cc2OC)C1. The quantitative estimate of drug-likeness (QED) is 0.515. The zero-order valence-electron chi connectivity index (χ0n) is 18.3. The number of fused-ring (bicyclic) bond motifs is 1. The lowest BCUT2D eigenvalue weighted by Gasteiger charge is -2.23. The van der Waals surface area contributed by atoms with E-state index < -0.39 is 11.9 Å². The van der Waals surface area contributed by atoms with Crippen LogP contribution in [0.15, 0.2) is 36.7 Å². The molecule has 1 aliphatic rings. The maximum absolute atomic E-state index is 14.5. The summed E-state index contributed by atoms with van der Waals surface area (Å²) in [6.07, 6.45) is 1.87. The van der Waals surface area contributed by atoms with Gasteiger partial charge in [0, 0.05) is 36.7 Å². The van der Waals surface area contributed by atoms with Crippen molar-refractivity contribution >= 4 is 39.9 Å². The van der Waals surface area contributed by atoms with Crippen LogP contribution < -0.4 is 15.8 Å². The van der Waals surface area contributed by atoms with Crippen molar-refractivity contribution in [3.8, 4) is 5.75 Å². The Hall–Kier alpha value is -3.01. The number of aromatic nitrogens is 2. The van der Waals surface area contributed by atoms with Crippen molar-refractivity contribution in [2.75, 3.05) is 25.6 Å². The second-order valence-corrected chi connectivity index (χ2v) is 8.20. The van der Waals surface area contributed by atoms with Crippen LogP contribution in [0.2, 0.25) is 5.02 Å². The van der Waals surface area contributed by atoms with E-state index in [-0.39, 0.29) is 22.7 Å². The highest BCUT2D eigenvalue weighted by molar-refractivity contribution is 6.31. The molecule has 3 N–H and O–H groups in total. The second kappa shape index (κ2) is 9.86. The predicted octanol–water partition coefficient (Wildman–Crippen LogP) is 3.64. The number of nitrogens with zero attached hydrogens (tertiary/aromatic N) is 3. The molecule has 1 aliphatic heterocycles. The number of benzene rings is 2. The van der Waals surface area contributed by atoms with Crippen molar-refractivity contribution < 1.29 is 18.7 Å².